The summed E-state index contributed by atoms with van der Waals surface area (Å²) in [5, 5.41) is 12.2. The van der Waals surface area contributed by atoms with Crippen LogP contribution in [0.25, 0.3) is 0 Å². The number of nitrogens with zero attached hydrogens (tertiary/aromatic N) is 3. The summed E-state index contributed by atoms with van der Waals surface area (Å²) in [6.45, 7) is 10.5. The first-order chi connectivity index (χ1) is 8.44. The maximum absolute atomic E-state index is 5.48. The maximum Gasteiger partial charge on any atom is 0.150 e. The van der Waals surface area contributed by atoms with Crippen molar-refractivity contribution in [3.05, 3.63) is 11.6 Å². The van der Waals surface area contributed by atoms with E-state index in [1.807, 2.05) is 0 Å². The molecule has 18 heavy (non-hydrogen) atoms. The van der Waals surface area contributed by atoms with Crippen LogP contribution in [0.5, 0.6) is 0 Å². The smallest absolute Gasteiger partial charge is 0.150 e. The molecule has 0 spiro atoms. The zero-order valence-corrected chi connectivity index (χ0v) is 12.0. The van der Waals surface area contributed by atoms with Gasteiger partial charge in [0, 0.05) is 26.6 Å². The molecule has 1 aliphatic rings. The van der Waals surface area contributed by atoms with Crippen molar-refractivity contribution in [1.82, 2.24) is 20.1 Å². The lowest BCUT2D eigenvalue weighted by molar-refractivity contribution is 0.0207. The van der Waals surface area contributed by atoms with Gasteiger partial charge in [0.25, 0.3) is 0 Å². The Bertz CT molecular complexity index is 411. The number of rotatable bonds is 4. The number of hydrogen-bond acceptors (Lipinski definition) is 4. The average molecular weight is 252 g/mol. The molecule has 0 saturated heterocycles. The molecule has 0 radical (unpaired) electrons. The lowest BCUT2D eigenvalue weighted by Gasteiger charge is -2.29. The van der Waals surface area contributed by atoms with Gasteiger partial charge in [-0.05, 0) is 19.8 Å². The topological polar surface area (TPSA) is 52.0 Å². The van der Waals surface area contributed by atoms with Gasteiger partial charge in [-0.1, -0.05) is 13.8 Å². The summed E-state index contributed by atoms with van der Waals surface area (Å²) in [4.78, 5) is 0. The van der Waals surface area contributed by atoms with E-state index in [0.717, 1.165) is 31.2 Å². The van der Waals surface area contributed by atoms with E-state index in [2.05, 4.69) is 47.8 Å². The van der Waals surface area contributed by atoms with E-state index in [0.29, 0.717) is 12.0 Å². The van der Waals surface area contributed by atoms with E-state index in [-0.39, 0.29) is 5.60 Å². The molecule has 2 rings (SSSR count). The zero-order chi connectivity index (χ0) is 13.3. The van der Waals surface area contributed by atoms with Gasteiger partial charge < -0.3 is 14.6 Å². The van der Waals surface area contributed by atoms with Gasteiger partial charge in [0.05, 0.1) is 11.6 Å². The van der Waals surface area contributed by atoms with Crippen molar-refractivity contribution in [3.8, 4) is 0 Å². The van der Waals surface area contributed by atoms with Crippen molar-refractivity contribution in [2.75, 3.05) is 13.7 Å². The molecule has 0 saturated carbocycles. The minimum Gasteiger partial charge on any atom is -0.378 e. The predicted octanol–water partition coefficient (Wildman–Crippen LogP) is 1.55. The van der Waals surface area contributed by atoms with Crippen LogP contribution in [0.4, 0.5) is 0 Å². The van der Waals surface area contributed by atoms with Crippen LogP contribution in [0.3, 0.4) is 0 Å². The summed E-state index contributed by atoms with van der Waals surface area (Å²) in [6, 6.07) is 0.311. The average Bonchev–Trinajstić information content (AvgIpc) is 2.72. The molecule has 1 unspecified atom stereocenters. The number of ether oxygens (including phenoxy) is 1. The SMILES string of the molecule is COC(C)(C)Cc1nnc2n1CCNC2C(C)C. The number of aromatic nitrogens is 3. The Kier molecular flexibility index (Phi) is 3.73. The molecule has 1 N–H and O–H groups in total. The summed E-state index contributed by atoms with van der Waals surface area (Å²) in [5.41, 5.74) is -0.192. The minimum absolute atomic E-state index is 0.192. The second-order valence-corrected chi connectivity index (χ2v) is 5.94. The van der Waals surface area contributed by atoms with Gasteiger partial charge in [-0.15, -0.1) is 10.2 Å². The van der Waals surface area contributed by atoms with Crippen LogP contribution >= 0.6 is 0 Å². The molecule has 5 nitrogen and oxygen atoms in total. The second kappa shape index (κ2) is 4.97. The Balaban J connectivity index is 2.26. The largest absolute Gasteiger partial charge is 0.378 e. The van der Waals surface area contributed by atoms with Crippen LogP contribution in [-0.2, 0) is 17.7 Å². The van der Waals surface area contributed by atoms with Crippen LogP contribution < -0.4 is 5.32 Å². The van der Waals surface area contributed by atoms with Crippen LogP contribution in [0.15, 0.2) is 0 Å². The lowest BCUT2D eigenvalue weighted by Crippen LogP contribution is -2.37. The Morgan fingerprint density at radius 1 is 1.44 bits per heavy atom. The molecule has 2 heterocycles. The van der Waals surface area contributed by atoms with Gasteiger partial charge in [-0.2, -0.15) is 0 Å². The van der Waals surface area contributed by atoms with Crippen molar-refractivity contribution in [2.24, 2.45) is 5.92 Å². The standard InChI is InChI=1S/C13H24N4O/c1-9(2)11-12-16-15-10(8-13(3,4)18-5)17(12)7-6-14-11/h9,11,14H,6-8H2,1-5H3. The molecule has 1 aliphatic heterocycles. The van der Waals surface area contributed by atoms with E-state index in [1.54, 1.807) is 7.11 Å². The highest BCUT2D eigenvalue weighted by Crippen LogP contribution is 2.25. The molecular formula is C13H24N4O. The first-order valence-electron chi connectivity index (χ1n) is 6.65. The highest BCUT2D eigenvalue weighted by Gasteiger charge is 2.29. The van der Waals surface area contributed by atoms with Gasteiger partial charge in [0.2, 0.25) is 0 Å². The molecule has 0 aliphatic carbocycles. The number of fused-ring (bicyclic) bond motifs is 1. The van der Waals surface area contributed by atoms with Crippen LogP contribution in [-0.4, -0.2) is 34.0 Å². The highest BCUT2D eigenvalue weighted by atomic mass is 16.5. The van der Waals surface area contributed by atoms with Crippen LogP contribution in [0.2, 0.25) is 0 Å². The minimum atomic E-state index is -0.192. The van der Waals surface area contributed by atoms with Crippen molar-refractivity contribution in [3.63, 3.8) is 0 Å². The van der Waals surface area contributed by atoms with E-state index in [4.69, 9.17) is 4.74 Å². The van der Waals surface area contributed by atoms with Crippen molar-refractivity contribution in [1.29, 1.82) is 0 Å². The molecule has 5 heteroatoms. The monoisotopic (exact) mass is 252 g/mol. The second-order valence-electron chi connectivity index (χ2n) is 5.94. The predicted molar refractivity (Wildman–Crippen MR) is 70.4 cm³/mol. The van der Waals surface area contributed by atoms with Gasteiger partial charge in [-0.3, -0.25) is 0 Å². The zero-order valence-electron chi connectivity index (χ0n) is 12.0. The molecule has 1 aromatic rings. The van der Waals surface area contributed by atoms with Crippen molar-refractivity contribution >= 4 is 0 Å². The Morgan fingerprint density at radius 3 is 2.78 bits per heavy atom. The third-order valence-corrected chi connectivity index (χ3v) is 3.64. The molecule has 0 bridgehead atoms. The fourth-order valence-electron chi connectivity index (χ4n) is 2.36. The number of methoxy groups -OCH3 is 1. The van der Waals surface area contributed by atoms with Gasteiger partial charge in [0.1, 0.15) is 5.82 Å². The van der Waals surface area contributed by atoms with Gasteiger partial charge in [0.15, 0.2) is 5.82 Å². The highest BCUT2D eigenvalue weighted by molar-refractivity contribution is 5.07. The summed E-state index contributed by atoms with van der Waals surface area (Å²) in [5.74, 6) is 2.62. The fraction of sp³-hybridized carbons (Fsp3) is 0.846. The molecule has 1 aromatic heterocycles. The molecule has 0 fully saturated rings. The van der Waals surface area contributed by atoms with Crippen molar-refractivity contribution < 1.29 is 4.74 Å². The number of nitrogens with one attached hydrogen (secondary N) is 1. The van der Waals surface area contributed by atoms with E-state index in [1.165, 1.54) is 0 Å². The Morgan fingerprint density at radius 2 is 2.17 bits per heavy atom. The lowest BCUT2D eigenvalue weighted by atomic mass is 10.0. The third-order valence-electron chi connectivity index (χ3n) is 3.64. The normalized spacial score (nSPS) is 20.2. The first-order valence-corrected chi connectivity index (χ1v) is 6.65. The molecular weight excluding hydrogens is 228 g/mol. The van der Waals surface area contributed by atoms with Gasteiger partial charge >= 0.3 is 0 Å². The molecule has 102 valence electrons. The molecule has 0 aromatic carbocycles. The summed E-state index contributed by atoms with van der Waals surface area (Å²) in [7, 11) is 1.74. The summed E-state index contributed by atoms with van der Waals surface area (Å²) >= 11 is 0. The fourth-order valence-corrected chi connectivity index (χ4v) is 2.36. The Hall–Kier alpha value is -0.940. The van der Waals surface area contributed by atoms with Crippen LogP contribution in [0, 0.1) is 5.92 Å². The van der Waals surface area contributed by atoms with E-state index >= 15 is 0 Å². The Labute approximate surface area is 109 Å². The summed E-state index contributed by atoms with van der Waals surface area (Å²) < 4.78 is 7.73. The van der Waals surface area contributed by atoms with Crippen LogP contribution in [0.1, 0.15) is 45.4 Å². The number of hydrogen-bond donors (Lipinski definition) is 1. The third kappa shape index (κ3) is 2.57. The van der Waals surface area contributed by atoms with E-state index in [9.17, 15) is 0 Å². The quantitative estimate of drug-likeness (QED) is 0.883. The van der Waals surface area contributed by atoms with E-state index < -0.39 is 0 Å². The van der Waals surface area contributed by atoms with Gasteiger partial charge in [-0.25, -0.2) is 0 Å². The maximum atomic E-state index is 5.48. The van der Waals surface area contributed by atoms with Crippen molar-refractivity contribution in [2.45, 2.75) is 52.3 Å². The summed E-state index contributed by atoms with van der Waals surface area (Å²) in [6.07, 6.45) is 0.793. The molecule has 1 atom stereocenters. The first kappa shape index (κ1) is 13.5. The molecule has 0 amide bonds.